The van der Waals surface area contributed by atoms with E-state index in [0.717, 1.165) is 24.8 Å². The van der Waals surface area contributed by atoms with Gasteiger partial charge in [0.25, 0.3) is 5.91 Å². The number of benzene rings is 3. The first-order valence-corrected chi connectivity index (χ1v) is 13.0. The van der Waals surface area contributed by atoms with Gasteiger partial charge in [-0.1, -0.05) is 31.2 Å². The van der Waals surface area contributed by atoms with Crippen molar-refractivity contribution in [3.05, 3.63) is 94.9 Å². The molecule has 4 aromatic rings. The molecule has 0 unspecified atom stereocenters. The molecule has 3 aromatic carbocycles. The van der Waals surface area contributed by atoms with Crippen LogP contribution in [0.3, 0.4) is 0 Å². The Balaban J connectivity index is 1.45. The number of hydrogen-bond acceptors (Lipinski definition) is 4. The summed E-state index contributed by atoms with van der Waals surface area (Å²) in [6.45, 7) is 1.89. The summed E-state index contributed by atoms with van der Waals surface area (Å²) in [6, 6.07) is 19.6. The minimum Gasteiger partial charge on any atom is -0.481 e. The number of aryl methyl sites for hydroxylation is 2. The van der Waals surface area contributed by atoms with Crippen LogP contribution in [0.1, 0.15) is 65.8 Å². The highest BCUT2D eigenvalue weighted by Gasteiger charge is 2.22. The van der Waals surface area contributed by atoms with E-state index in [4.69, 9.17) is 15.1 Å². The van der Waals surface area contributed by atoms with E-state index in [9.17, 15) is 14.0 Å². The Morgan fingerprint density at radius 1 is 1.05 bits per heavy atom. The summed E-state index contributed by atoms with van der Waals surface area (Å²) in [4.78, 5) is 34.1. The number of aliphatic carboxylic acids is 1. The molecule has 1 aliphatic carbocycles. The molecule has 0 bridgehead atoms. The van der Waals surface area contributed by atoms with Gasteiger partial charge < -0.3 is 10.4 Å². The molecule has 6 nitrogen and oxygen atoms in total. The van der Waals surface area contributed by atoms with Crippen LogP contribution >= 0.6 is 0 Å². The molecule has 7 heteroatoms. The largest absolute Gasteiger partial charge is 0.481 e. The van der Waals surface area contributed by atoms with Gasteiger partial charge >= 0.3 is 5.97 Å². The van der Waals surface area contributed by atoms with Crippen molar-refractivity contribution in [3.63, 3.8) is 0 Å². The molecule has 1 amide bonds. The number of nitrogens with zero attached hydrogens (tertiary/aromatic N) is 2. The van der Waals surface area contributed by atoms with Crippen molar-refractivity contribution in [2.24, 2.45) is 5.92 Å². The van der Waals surface area contributed by atoms with Crippen LogP contribution in [0.4, 0.5) is 4.39 Å². The zero-order valence-corrected chi connectivity index (χ0v) is 21.3. The van der Waals surface area contributed by atoms with Crippen LogP contribution in [0.25, 0.3) is 22.3 Å². The van der Waals surface area contributed by atoms with Crippen molar-refractivity contribution in [2.45, 2.75) is 51.5 Å². The molecule has 0 aliphatic heterocycles. The monoisotopic (exact) mass is 511 g/mol. The second-order valence-corrected chi connectivity index (χ2v) is 10.1. The SMILES string of the molecule is C[C@@H](CCc1nc2cc(C(=O)N[C@@H]3CCCc4ccccc43)ccc2nc1-c1ccc(F)cc1)CC(=O)O. The molecule has 1 aliphatic rings. The zero-order chi connectivity index (χ0) is 26.6. The summed E-state index contributed by atoms with van der Waals surface area (Å²) in [5.74, 6) is -1.37. The topological polar surface area (TPSA) is 92.2 Å². The zero-order valence-electron chi connectivity index (χ0n) is 21.3. The van der Waals surface area contributed by atoms with Gasteiger partial charge in [-0.05, 0) is 91.6 Å². The fourth-order valence-electron chi connectivity index (χ4n) is 5.17. The number of halogens is 1. The van der Waals surface area contributed by atoms with Gasteiger partial charge in [-0.25, -0.2) is 14.4 Å². The summed E-state index contributed by atoms with van der Waals surface area (Å²) in [5, 5.41) is 12.3. The van der Waals surface area contributed by atoms with Gasteiger partial charge in [0.1, 0.15) is 5.82 Å². The number of hydrogen-bond donors (Lipinski definition) is 2. The molecular formula is C31H30FN3O3. The second kappa shape index (κ2) is 11.1. The summed E-state index contributed by atoms with van der Waals surface area (Å²) < 4.78 is 13.6. The predicted octanol–water partition coefficient (Wildman–Crippen LogP) is 6.29. The first-order chi connectivity index (χ1) is 18.4. The molecule has 1 aromatic heterocycles. The number of carbonyl (C=O) groups excluding carboxylic acids is 1. The van der Waals surface area contributed by atoms with Gasteiger partial charge in [0.15, 0.2) is 0 Å². The Kier molecular flexibility index (Phi) is 7.45. The molecule has 0 spiro atoms. The Bertz CT molecular complexity index is 1490. The lowest BCUT2D eigenvalue weighted by Gasteiger charge is -2.26. The van der Waals surface area contributed by atoms with Crippen molar-refractivity contribution < 1.29 is 19.1 Å². The number of amides is 1. The van der Waals surface area contributed by atoms with E-state index in [1.807, 2.05) is 19.1 Å². The molecule has 2 N–H and O–H groups in total. The van der Waals surface area contributed by atoms with Crippen LogP contribution in [-0.2, 0) is 17.6 Å². The Labute approximate surface area is 221 Å². The van der Waals surface area contributed by atoms with E-state index in [-0.39, 0.29) is 30.1 Å². The van der Waals surface area contributed by atoms with Gasteiger partial charge in [0.05, 0.1) is 28.5 Å². The Morgan fingerprint density at radius 2 is 1.84 bits per heavy atom. The van der Waals surface area contributed by atoms with Crippen molar-refractivity contribution >= 4 is 22.9 Å². The number of fused-ring (bicyclic) bond motifs is 2. The lowest BCUT2D eigenvalue weighted by Crippen LogP contribution is -2.31. The third-order valence-electron chi connectivity index (χ3n) is 7.19. The molecule has 0 saturated carbocycles. The molecule has 38 heavy (non-hydrogen) atoms. The molecule has 5 rings (SSSR count). The maximum Gasteiger partial charge on any atom is 0.303 e. The number of rotatable bonds is 8. The van der Waals surface area contributed by atoms with Crippen molar-refractivity contribution in [3.8, 4) is 11.3 Å². The van der Waals surface area contributed by atoms with E-state index in [1.54, 1.807) is 30.3 Å². The summed E-state index contributed by atoms with van der Waals surface area (Å²) in [6.07, 6.45) is 4.15. The summed E-state index contributed by atoms with van der Waals surface area (Å²) in [7, 11) is 0. The standard InChI is InChI=1S/C31H30FN3O3/c1-19(17-29(36)37)9-15-27-30(21-10-13-23(32)14-11-21)34-26-16-12-22(18-28(26)33-27)31(38)35-25-8-4-6-20-5-2-3-7-24(20)25/h2-3,5,7,10-14,16,18-19,25H,4,6,8-9,15,17H2,1H3,(H,35,38)(H,36,37)/t19-,25+/m0/s1. The fourth-order valence-corrected chi connectivity index (χ4v) is 5.17. The van der Waals surface area contributed by atoms with Crippen LogP contribution in [-0.4, -0.2) is 27.0 Å². The van der Waals surface area contributed by atoms with Gasteiger partial charge in [0, 0.05) is 17.5 Å². The van der Waals surface area contributed by atoms with Gasteiger partial charge in [-0.3, -0.25) is 9.59 Å². The second-order valence-electron chi connectivity index (χ2n) is 10.1. The number of carboxylic acids is 1. The van der Waals surface area contributed by atoms with E-state index >= 15 is 0 Å². The van der Waals surface area contributed by atoms with Crippen LogP contribution in [0, 0.1) is 11.7 Å². The third-order valence-corrected chi connectivity index (χ3v) is 7.19. The Hall–Kier alpha value is -4.13. The van der Waals surface area contributed by atoms with Crippen LogP contribution in [0.15, 0.2) is 66.7 Å². The number of carboxylic acid groups (broad SMARTS) is 1. The highest BCUT2D eigenvalue weighted by Crippen LogP contribution is 2.30. The lowest BCUT2D eigenvalue weighted by atomic mass is 9.87. The molecule has 0 fully saturated rings. The average Bonchev–Trinajstić information content (AvgIpc) is 2.91. The molecular weight excluding hydrogens is 481 g/mol. The van der Waals surface area contributed by atoms with E-state index in [1.165, 1.54) is 23.3 Å². The van der Waals surface area contributed by atoms with Crippen LogP contribution in [0.5, 0.6) is 0 Å². The quantitative estimate of drug-likeness (QED) is 0.290. The van der Waals surface area contributed by atoms with E-state index < -0.39 is 5.97 Å². The molecule has 0 radical (unpaired) electrons. The van der Waals surface area contributed by atoms with Gasteiger partial charge in [0.2, 0.25) is 0 Å². The highest BCUT2D eigenvalue weighted by molar-refractivity contribution is 5.97. The molecule has 2 atom stereocenters. The van der Waals surface area contributed by atoms with Crippen LogP contribution < -0.4 is 5.32 Å². The van der Waals surface area contributed by atoms with E-state index in [2.05, 4.69) is 17.4 Å². The number of aromatic nitrogens is 2. The first kappa shape index (κ1) is 25.5. The van der Waals surface area contributed by atoms with E-state index in [0.29, 0.717) is 40.8 Å². The van der Waals surface area contributed by atoms with Crippen molar-refractivity contribution in [2.75, 3.05) is 0 Å². The lowest BCUT2D eigenvalue weighted by molar-refractivity contribution is -0.138. The first-order valence-electron chi connectivity index (χ1n) is 13.0. The molecule has 194 valence electrons. The van der Waals surface area contributed by atoms with Gasteiger partial charge in [-0.2, -0.15) is 0 Å². The number of nitrogens with one attached hydrogen (secondary N) is 1. The normalized spacial score (nSPS) is 15.6. The molecule has 1 heterocycles. The summed E-state index contributed by atoms with van der Waals surface area (Å²) >= 11 is 0. The molecule has 0 saturated heterocycles. The predicted molar refractivity (Wildman–Crippen MR) is 144 cm³/mol. The smallest absolute Gasteiger partial charge is 0.303 e. The number of carbonyl (C=O) groups is 2. The van der Waals surface area contributed by atoms with Crippen LogP contribution in [0.2, 0.25) is 0 Å². The average molecular weight is 512 g/mol. The Morgan fingerprint density at radius 3 is 2.63 bits per heavy atom. The third kappa shape index (κ3) is 5.72. The minimum atomic E-state index is -0.836. The minimum absolute atomic E-state index is 0.0265. The highest BCUT2D eigenvalue weighted by atomic mass is 19.1. The van der Waals surface area contributed by atoms with Crippen molar-refractivity contribution in [1.82, 2.24) is 15.3 Å². The maximum atomic E-state index is 13.6. The van der Waals surface area contributed by atoms with Crippen molar-refractivity contribution in [1.29, 1.82) is 0 Å². The summed E-state index contributed by atoms with van der Waals surface area (Å²) in [5.41, 5.74) is 6.25. The maximum absolute atomic E-state index is 13.6. The fraction of sp³-hybridized carbons (Fsp3) is 0.290. The van der Waals surface area contributed by atoms with Gasteiger partial charge in [-0.15, -0.1) is 0 Å².